The normalized spacial score (nSPS) is 19.1. The zero-order valence-electron chi connectivity index (χ0n) is 20.0. The Morgan fingerprint density at radius 3 is 2.65 bits per heavy atom. The fraction of sp³-hybridized carbons (Fsp3) is 0.500. The van der Waals surface area contributed by atoms with E-state index in [0.29, 0.717) is 17.9 Å². The van der Waals surface area contributed by atoms with Gasteiger partial charge in [-0.3, -0.25) is 9.10 Å². The van der Waals surface area contributed by atoms with Crippen LogP contribution >= 0.6 is 0 Å². The highest BCUT2D eigenvalue weighted by Gasteiger charge is 2.42. The number of amides is 1. The average molecular weight is 487 g/mol. The lowest BCUT2D eigenvalue weighted by Crippen LogP contribution is -2.46. The van der Waals surface area contributed by atoms with E-state index >= 15 is 0 Å². The largest absolute Gasteiger partial charge is 0.497 e. The van der Waals surface area contributed by atoms with Crippen LogP contribution in [0.25, 0.3) is 0 Å². The van der Waals surface area contributed by atoms with Gasteiger partial charge in [0.25, 0.3) is 0 Å². The monoisotopic (exact) mass is 486 g/mol. The summed E-state index contributed by atoms with van der Waals surface area (Å²) >= 11 is 0. The molecule has 184 valence electrons. The molecule has 7 nitrogen and oxygen atoms in total. The Hall–Kier alpha value is -2.74. The number of rotatable bonds is 8. The van der Waals surface area contributed by atoms with Crippen molar-refractivity contribution in [3.63, 3.8) is 0 Å². The predicted octanol–water partition coefficient (Wildman–Crippen LogP) is 4.58. The second-order valence-electron chi connectivity index (χ2n) is 9.35. The summed E-state index contributed by atoms with van der Waals surface area (Å²) in [6.45, 7) is 0.216. The molecule has 1 aliphatic heterocycles. The Bertz CT molecular complexity index is 1110. The van der Waals surface area contributed by atoms with Gasteiger partial charge in [-0.15, -0.1) is 0 Å². The maximum atomic E-state index is 12.9. The predicted molar refractivity (Wildman–Crippen MR) is 133 cm³/mol. The van der Waals surface area contributed by atoms with E-state index in [2.05, 4.69) is 5.32 Å². The van der Waals surface area contributed by atoms with Crippen LogP contribution < -0.4 is 19.1 Å². The van der Waals surface area contributed by atoms with Crippen LogP contribution in [0.2, 0.25) is 0 Å². The van der Waals surface area contributed by atoms with Crippen LogP contribution in [0.15, 0.2) is 48.5 Å². The number of nitrogens with zero attached hydrogens (tertiary/aromatic N) is 1. The molecule has 0 radical (unpaired) electrons. The Morgan fingerprint density at radius 1 is 1.15 bits per heavy atom. The van der Waals surface area contributed by atoms with E-state index in [1.54, 1.807) is 31.4 Å². The molecule has 1 fully saturated rings. The number of para-hydroxylation sites is 1. The zero-order valence-corrected chi connectivity index (χ0v) is 20.8. The van der Waals surface area contributed by atoms with Crippen LogP contribution in [0.1, 0.15) is 63.0 Å². The SMILES string of the molecule is COc1cccc(N(CCCC(=O)N[C@H]2CC3(CCCCC3)Oc3ccccc32)S(C)(=O)=O)c1. The minimum atomic E-state index is -3.50. The maximum Gasteiger partial charge on any atom is 0.232 e. The molecule has 8 heteroatoms. The van der Waals surface area contributed by atoms with Crippen molar-refractivity contribution in [1.82, 2.24) is 5.32 Å². The van der Waals surface area contributed by atoms with E-state index in [1.165, 1.54) is 17.0 Å². The molecule has 1 aliphatic carbocycles. The third-order valence-electron chi connectivity index (χ3n) is 6.80. The number of hydrogen-bond donors (Lipinski definition) is 1. The quantitative estimate of drug-likeness (QED) is 0.590. The van der Waals surface area contributed by atoms with E-state index in [0.717, 1.165) is 43.4 Å². The van der Waals surface area contributed by atoms with Gasteiger partial charge in [0.05, 0.1) is 25.1 Å². The Morgan fingerprint density at radius 2 is 1.91 bits per heavy atom. The molecule has 1 amide bonds. The molecule has 1 N–H and O–H groups in total. The summed E-state index contributed by atoms with van der Waals surface area (Å²) in [6, 6.07) is 14.8. The first-order chi connectivity index (χ1) is 16.3. The van der Waals surface area contributed by atoms with E-state index in [1.807, 2.05) is 24.3 Å². The number of hydrogen-bond acceptors (Lipinski definition) is 5. The van der Waals surface area contributed by atoms with Gasteiger partial charge in [0.2, 0.25) is 15.9 Å². The number of carbonyl (C=O) groups excluding carboxylic acids is 1. The Labute approximate surface area is 202 Å². The molecule has 2 aliphatic rings. The van der Waals surface area contributed by atoms with Gasteiger partial charge >= 0.3 is 0 Å². The molecule has 1 saturated carbocycles. The van der Waals surface area contributed by atoms with Crippen molar-refractivity contribution in [3.8, 4) is 11.5 Å². The maximum absolute atomic E-state index is 12.9. The topological polar surface area (TPSA) is 84.9 Å². The van der Waals surface area contributed by atoms with Crippen LogP contribution in [-0.4, -0.2) is 39.8 Å². The van der Waals surface area contributed by atoms with Gasteiger partial charge in [0.15, 0.2) is 0 Å². The van der Waals surface area contributed by atoms with Crippen LogP contribution in [0.3, 0.4) is 0 Å². The smallest absolute Gasteiger partial charge is 0.232 e. The van der Waals surface area contributed by atoms with Crippen molar-refractivity contribution in [2.75, 3.05) is 24.2 Å². The van der Waals surface area contributed by atoms with E-state index in [9.17, 15) is 13.2 Å². The summed E-state index contributed by atoms with van der Waals surface area (Å²) in [7, 11) is -1.96. The van der Waals surface area contributed by atoms with Crippen LogP contribution in [0.5, 0.6) is 11.5 Å². The molecule has 1 atom stereocenters. The number of carbonyl (C=O) groups is 1. The first-order valence-electron chi connectivity index (χ1n) is 12.0. The van der Waals surface area contributed by atoms with E-state index in [4.69, 9.17) is 9.47 Å². The molecule has 1 heterocycles. The molecular formula is C26H34N2O5S. The van der Waals surface area contributed by atoms with Crippen LogP contribution in [0.4, 0.5) is 5.69 Å². The summed E-state index contributed by atoms with van der Waals surface area (Å²) in [4.78, 5) is 12.9. The minimum absolute atomic E-state index is 0.0771. The molecule has 0 bridgehead atoms. The van der Waals surface area contributed by atoms with Gasteiger partial charge in [-0.2, -0.15) is 0 Å². The fourth-order valence-corrected chi connectivity index (χ4v) is 6.11. The van der Waals surface area contributed by atoms with Gasteiger partial charge in [-0.1, -0.05) is 30.7 Å². The summed E-state index contributed by atoms with van der Waals surface area (Å²) in [6.07, 6.45) is 8.14. The first-order valence-corrected chi connectivity index (χ1v) is 13.8. The number of methoxy groups -OCH3 is 1. The molecule has 0 aromatic heterocycles. The zero-order chi connectivity index (χ0) is 24.2. The van der Waals surface area contributed by atoms with Gasteiger partial charge in [-0.25, -0.2) is 8.42 Å². The lowest BCUT2D eigenvalue weighted by molar-refractivity contribution is -0.122. The summed E-state index contributed by atoms with van der Waals surface area (Å²) in [5, 5.41) is 3.21. The van der Waals surface area contributed by atoms with Crippen molar-refractivity contribution >= 4 is 21.6 Å². The van der Waals surface area contributed by atoms with Crippen molar-refractivity contribution in [2.45, 2.75) is 63.0 Å². The number of ether oxygens (including phenoxy) is 2. The Kier molecular flexibility index (Phi) is 7.36. The number of benzene rings is 2. The van der Waals surface area contributed by atoms with Crippen molar-refractivity contribution in [2.24, 2.45) is 0 Å². The molecule has 0 unspecified atom stereocenters. The number of nitrogens with one attached hydrogen (secondary N) is 1. The highest BCUT2D eigenvalue weighted by Crippen LogP contribution is 2.46. The fourth-order valence-electron chi connectivity index (χ4n) is 5.15. The van der Waals surface area contributed by atoms with Crippen LogP contribution in [-0.2, 0) is 14.8 Å². The number of anilines is 1. The molecule has 34 heavy (non-hydrogen) atoms. The summed E-state index contributed by atoms with van der Waals surface area (Å²) in [5.74, 6) is 1.37. The highest BCUT2D eigenvalue weighted by molar-refractivity contribution is 7.92. The van der Waals surface area contributed by atoms with Crippen molar-refractivity contribution < 1.29 is 22.7 Å². The summed E-state index contributed by atoms with van der Waals surface area (Å²) in [5.41, 5.74) is 1.34. The molecule has 2 aromatic rings. The number of fused-ring (bicyclic) bond motifs is 1. The van der Waals surface area contributed by atoms with Crippen molar-refractivity contribution in [3.05, 3.63) is 54.1 Å². The van der Waals surface area contributed by atoms with E-state index < -0.39 is 10.0 Å². The molecular weight excluding hydrogens is 452 g/mol. The van der Waals surface area contributed by atoms with E-state index in [-0.39, 0.29) is 30.5 Å². The molecule has 2 aromatic carbocycles. The first kappa shape index (κ1) is 24.4. The van der Waals surface area contributed by atoms with Crippen LogP contribution in [0, 0.1) is 0 Å². The summed E-state index contributed by atoms with van der Waals surface area (Å²) < 4.78 is 37.8. The number of sulfonamides is 1. The van der Waals surface area contributed by atoms with Gasteiger partial charge in [0.1, 0.15) is 17.1 Å². The average Bonchev–Trinajstić information content (AvgIpc) is 2.81. The van der Waals surface area contributed by atoms with Crippen molar-refractivity contribution in [1.29, 1.82) is 0 Å². The molecule has 4 rings (SSSR count). The molecule has 1 spiro atoms. The minimum Gasteiger partial charge on any atom is -0.497 e. The Balaban J connectivity index is 1.41. The van der Waals surface area contributed by atoms with Gasteiger partial charge in [0, 0.05) is 31.0 Å². The van der Waals surface area contributed by atoms with Gasteiger partial charge < -0.3 is 14.8 Å². The third-order valence-corrected chi connectivity index (χ3v) is 8.00. The lowest BCUT2D eigenvalue weighted by atomic mass is 9.77. The lowest BCUT2D eigenvalue weighted by Gasteiger charge is -2.44. The molecule has 0 saturated heterocycles. The third kappa shape index (κ3) is 5.66. The van der Waals surface area contributed by atoms with Gasteiger partial charge in [-0.05, 0) is 50.3 Å². The second-order valence-corrected chi connectivity index (χ2v) is 11.3. The highest BCUT2D eigenvalue weighted by atomic mass is 32.2. The second kappa shape index (κ2) is 10.3. The standard InChI is InChI=1S/C26H34N2O5S/c1-32-21-11-8-10-20(18-21)28(34(2,30)31)17-9-14-25(29)27-23-19-26(15-6-3-7-16-26)33-24-13-5-4-12-22(23)24/h4-5,8,10-13,18,23H,3,6-7,9,14-17,19H2,1-2H3,(H,27,29)/t23-/m0/s1.